The Balaban J connectivity index is 1.68. The number of carbonyl (C=O) groups excluding carboxylic acids is 1. The third-order valence-electron chi connectivity index (χ3n) is 4.24. The lowest BCUT2D eigenvalue weighted by molar-refractivity contribution is -0.122. The monoisotopic (exact) mass is 397 g/mol. The molecule has 0 saturated carbocycles. The van der Waals surface area contributed by atoms with Gasteiger partial charge in [0.2, 0.25) is 0 Å². The summed E-state index contributed by atoms with van der Waals surface area (Å²) in [5.41, 5.74) is 0.926. The summed E-state index contributed by atoms with van der Waals surface area (Å²) in [4.78, 5) is 15.1. The number of hydrogen-bond donors (Lipinski definition) is 0. The molecule has 0 N–H and O–H groups in total. The van der Waals surface area contributed by atoms with Gasteiger partial charge in [0.25, 0.3) is 5.91 Å². The molecule has 1 aliphatic heterocycles. The number of carbonyl (C=O) groups is 1. The van der Waals surface area contributed by atoms with E-state index in [1.54, 1.807) is 4.90 Å². The van der Waals surface area contributed by atoms with Crippen molar-refractivity contribution in [3.05, 3.63) is 65.1 Å². The molecule has 1 fully saturated rings. The Kier molecular flexibility index (Phi) is 7.07. The molecule has 1 saturated heterocycles. The van der Waals surface area contributed by atoms with Crippen LogP contribution in [0, 0.1) is 0 Å². The van der Waals surface area contributed by atoms with Gasteiger partial charge in [-0.15, -0.1) is 0 Å². The van der Waals surface area contributed by atoms with Crippen LogP contribution in [0.5, 0.6) is 11.5 Å². The van der Waals surface area contributed by atoms with E-state index in [1.165, 1.54) is 24.6 Å². The molecule has 5 heteroatoms. The van der Waals surface area contributed by atoms with E-state index >= 15 is 0 Å². The molecule has 3 rings (SSSR count). The number of nitrogens with zero attached hydrogens (tertiary/aromatic N) is 1. The summed E-state index contributed by atoms with van der Waals surface area (Å²) in [7, 11) is 0. The van der Waals surface area contributed by atoms with E-state index in [4.69, 9.17) is 17.0 Å². The standard InChI is InChI=1S/C22H23NO2S2/c1-2-3-4-8-14-23-21(24)20(27-22(23)26)16-17-10-9-13-19(15-17)25-18-11-6-5-7-12-18/h5-7,9-13,15-16H,2-4,8,14H2,1H3/b20-16+. The van der Waals surface area contributed by atoms with Gasteiger partial charge in [-0.2, -0.15) is 0 Å². The predicted molar refractivity (Wildman–Crippen MR) is 117 cm³/mol. The first-order valence-corrected chi connectivity index (χ1v) is 10.5. The highest BCUT2D eigenvalue weighted by molar-refractivity contribution is 8.26. The van der Waals surface area contributed by atoms with Gasteiger partial charge in [0.1, 0.15) is 15.8 Å². The van der Waals surface area contributed by atoms with Crippen LogP contribution in [0.1, 0.15) is 38.2 Å². The van der Waals surface area contributed by atoms with Crippen molar-refractivity contribution in [3.63, 3.8) is 0 Å². The van der Waals surface area contributed by atoms with Gasteiger partial charge < -0.3 is 4.74 Å². The summed E-state index contributed by atoms with van der Waals surface area (Å²) in [5.74, 6) is 1.54. The number of hydrogen-bond acceptors (Lipinski definition) is 4. The van der Waals surface area contributed by atoms with Crippen LogP contribution in [-0.2, 0) is 4.79 Å². The molecule has 0 radical (unpaired) electrons. The highest BCUT2D eigenvalue weighted by Crippen LogP contribution is 2.33. The van der Waals surface area contributed by atoms with Crippen LogP contribution >= 0.6 is 24.0 Å². The number of para-hydroxylation sites is 1. The van der Waals surface area contributed by atoms with Gasteiger partial charge in [-0.1, -0.05) is 80.5 Å². The molecule has 3 nitrogen and oxygen atoms in total. The molecule has 2 aromatic rings. The van der Waals surface area contributed by atoms with Crippen molar-refractivity contribution < 1.29 is 9.53 Å². The van der Waals surface area contributed by atoms with E-state index in [2.05, 4.69) is 6.92 Å². The van der Waals surface area contributed by atoms with Crippen molar-refractivity contribution in [3.8, 4) is 11.5 Å². The molecule has 0 bridgehead atoms. The van der Waals surface area contributed by atoms with Crippen LogP contribution < -0.4 is 4.74 Å². The number of rotatable bonds is 8. The Bertz CT molecular complexity index is 833. The molecular weight excluding hydrogens is 374 g/mol. The minimum absolute atomic E-state index is 0.0101. The molecule has 1 aliphatic rings. The van der Waals surface area contributed by atoms with Crippen LogP contribution in [0.3, 0.4) is 0 Å². The van der Waals surface area contributed by atoms with Crippen molar-refractivity contribution in [2.75, 3.05) is 6.54 Å². The molecule has 0 aromatic heterocycles. The van der Waals surface area contributed by atoms with Crippen LogP contribution in [0.4, 0.5) is 0 Å². The molecule has 27 heavy (non-hydrogen) atoms. The topological polar surface area (TPSA) is 29.5 Å². The minimum Gasteiger partial charge on any atom is -0.457 e. The Labute approximate surface area is 170 Å². The first kappa shape index (κ1) is 19.6. The van der Waals surface area contributed by atoms with Gasteiger partial charge in [-0.05, 0) is 42.3 Å². The fourth-order valence-electron chi connectivity index (χ4n) is 2.83. The SMILES string of the molecule is CCCCCCN1C(=O)/C(=C\c2cccc(Oc3ccccc3)c2)SC1=S. The Morgan fingerprint density at radius 2 is 1.81 bits per heavy atom. The average molecular weight is 398 g/mol. The molecule has 1 heterocycles. The van der Waals surface area contributed by atoms with Gasteiger partial charge in [0.05, 0.1) is 4.91 Å². The van der Waals surface area contributed by atoms with E-state index in [0.29, 0.717) is 15.8 Å². The van der Waals surface area contributed by atoms with Crippen LogP contribution in [-0.4, -0.2) is 21.7 Å². The van der Waals surface area contributed by atoms with Gasteiger partial charge >= 0.3 is 0 Å². The Morgan fingerprint density at radius 1 is 1.04 bits per heavy atom. The zero-order valence-electron chi connectivity index (χ0n) is 15.4. The first-order chi connectivity index (χ1) is 13.2. The summed E-state index contributed by atoms with van der Waals surface area (Å²) in [6.07, 6.45) is 6.39. The number of ether oxygens (including phenoxy) is 1. The van der Waals surface area contributed by atoms with Crippen molar-refractivity contribution in [2.45, 2.75) is 32.6 Å². The highest BCUT2D eigenvalue weighted by atomic mass is 32.2. The second-order valence-electron chi connectivity index (χ2n) is 6.38. The van der Waals surface area contributed by atoms with Gasteiger partial charge in [-0.3, -0.25) is 9.69 Å². The number of thioether (sulfide) groups is 1. The van der Waals surface area contributed by atoms with Gasteiger partial charge in [-0.25, -0.2) is 0 Å². The van der Waals surface area contributed by atoms with Gasteiger partial charge in [0.15, 0.2) is 0 Å². The molecule has 0 spiro atoms. The lowest BCUT2D eigenvalue weighted by Gasteiger charge is -2.13. The predicted octanol–water partition coefficient (Wildman–Crippen LogP) is 6.26. The maximum Gasteiger partial charge on any atom is 0.266 e. The maximum atomic E-state index is 12.7. The van der Waals surface area contributed by atoms with Gasteiger partial charge in [0, 0.05) is 6.54 Å². The molecular formula is C22H23NO2S2. The van der Waals surface area contributed by atoms with E-state index in [1.807, 2.05) is 60.7 Å². The van der Waals surface area contributed by atoms with E-state index in [0.717, 1.165) is 29.9 Å². The van der Waals surface area contributed by atoms with E-state index in [9.17, 15) is 4.79 Å². The van der Waals surface area contributed by atoms with E-state index in [-0.39, 0.29) is 5.91 Å². The second-order valence-corrected chi connectivity index (χ2v) is 8.06. The zero-order valence-corrected chi connectivity index (χ0v) is 17.0. The molecule has 1 amide bonds. The highest BCUT2D eigenvalue weighted by Gasteiger charge is 2.31. The summed E-state index contributed by atoms with van der Waals surface area (Å²) in [6, 6.07) is 17.4. The first-order valence-electron chi connectivity index (χ1n) is 9.25. The second kappa shape index (κ2) is 9.72. The summed E-state index contributed by atoms with van der Waals surface area (Å²) in [5, 5.41) is 0. The summed E-state index contributed by atoms with van der Waals surface area (Å²) in [6.45, 7) is 2.89. The van der Waals surface area contributed by atoms with Crippen molar-refractivity contribution in [2.24, 2.45) is 0 Å². The molecule has 140 valence electrons. The largest absolute Gasteiger partial charge is 0.457 e. The smallest absolute Gasteiger partial charge is 0.266 e. The Morgan fingerprint density at radius 3 is 2.59 bits per heavy atom. The quantitative estimate of drug-likeness (QED) is 0.299. The van der Waals surface area contributed by atoms with Crippen LogP contribution in [0.15, 0.2) is 59.5 Å². The average Bonchev–Trinajstić information content (AvgIpc) is 2.93. The molecule has 0 unspecified atom stereocenters. The number of amides is 1. The minimum atomic E-state index is 0.0101. The number of benzene rings is 2. The summed E-state index contributed by atoms with van der Waals surface area (Å²) < 4.78 is 6.52. The normalized spacial score (nSPS) is 15.6. The van der Waals surface area contributed by atoms with Crippen molar-refractivity contribution >= 4 is 40.3 Å². The maximum absolute atomic E-state index is 12.7. The third kappa shape index (κ3) is 5.44. The fraction of sp³-hybridized carbons (Fsp3) is 0.273. The third-order valence-corrected chi connectivity index (χ3v) is 5.62. The van der Waals surface area contributed by atoms with Crippen LogP contribution in [0.2, 0.25) is 0 Å². The van der Waals surface area contributed by atoms with E-state index < -0.39 is 0 Å². The number of unbranched alkanes of at least 4 members (excludes halogenated alkanes) is 3. The zero-order chi connectivity index (χ0) is 19.1. The molecule has 2 aromatic carbocycles. The molecule has 0 aliphatic carbocycles. The van der Waals surface area contributed by atoms with Crippen molar-refractivity contribution in [1.29, 1.82) is 0 Å². The lowest BCUT2D eigenvalue weighted by Crippen LogP contribution is -2.28. The summed E-state index contributed by atoms with van der Waals surface area (Å²) >= 11 is 6.78. The molecule has 0 atom stereocenters. The van der Waals surface area contributed by atoms with Crippen molar-refractivity contribution in [1.82, 2.24) is 4.90 Å². The lowest BCUT2D eigenvalue weighted by atomic mass is 10.2. The number of thiocarbonyl (C=S) groups is 1. The van der Waals surface area contributed by atoms with Crippen LogP contribution in [0.25, 0.3) is 6.08 Å². The fourth-order valence-corrected chi connectivity index (χ4v) is 4.14. The Hall–Kier alpha value is -2.11.